The van der Waals surface area contributed by atoms with E-state index in [9.17, 15) is 5.11 Å². The second-order valence-corrected chi connectivity index (χ2v) is 4.73. The van der Waals surface area contributed by atoms with Crippen LogP contribution >= 0.6 is 0 Å². The zero-order valence-corrected chi connectivity index (χ0v) is 12.8. The van der Waals surface area contributed by atoms with Crippen molar-refractivity contribution < 1.29 is 19.3 Å². The number of rotatable bonds is 8. The van der Waals surface area contributed by atoms with Crippen molar-refractivity contribution in [2.75, 3.05) is 32.7 Å². The summed E-state index contributed by atoms with van der Waals surface area (Å²) in [6.07, 6.45) is -0.632. The zero-order valence-electron chi connectivity index (χ0n) is 12.8. The Kier molecular flexibility index (Phi) is 5.91. The fourth-order valence-corrected chi connectivity index (χ4v) is 1.93. The number of hydrogen-bond acceptors (Lipinski definition) is 5. The molecule has 118 valence electrons. The molecule has 0 aromatic heterocycles. The van der Waals surface area contributed by atoms with Crippen LogP contribution in [0.4, 0.5) is 5.69 Å². The summed E-state index contributed by atoms with van der Waals surface area (Å²) in [6.45, 7) is 0.574. The molecule has 1 atom stereocenters. The van der Waals surface area contributed by atoms with Crippen molar-refractivity contribution in [1.82, 2.24) is 0 Å². The number of methoxy groups -OCH3 is 2. The lowest BCUT2D eigenvalue weighted by Gasteiger charge is -2.15. The maximum absolute atomic E-state index is 9.98. The van der Waals surface area contributed by atoms with Gasteiger partial charge in [0, 0.05) is 12.2 Å². The first-order valence-corrected chi connectivity index (χ1v) is 7.04. The molecule has 0 saturated carbocycles. The number of para-hydroxylation sites is 2. The van der Waals surface area contributed by atoms with Gasteiger partial charge < -0.3 is 24.6 Å². The summed E-state index contributed by atoms with van der Waals surface area (Å²) in [5, 5.41) is 13.1. The Morgan fingerprint density at radius 3 is 2.27 bits per heavy atom. The van der Waals surface area contributed by atoms with Gasteiger partial charge in [-0.3, -0.25) is 0 Å². The van der Waals surface area contributed by atoms with E-state index in [1.807, 2.05) is 48.5 Å². The van der Waals surface area contributed by atoms with Crippen molar-refractivity contribution in [2.45, 2.75) is 6.10 Å². The molecule has 0 aliphatic heterocycles. The highest BCUT2D eigenvalue weighted by molar-refractivity contribution is 5.46. The van der Waals surface area contributed by atoms with Crippen LogP contribution < -0.4 is 19.5 Å². The average Bonchev–Trinajstić information content (AvgIpc) is 2.58. The molecule has 2 aromatic rings. The van der Waals surface area contributed by atoms with Gasteiger partial charge in [-0.2, -0.15) is 0 Å². The molecule has 0 saturated heterocycles. The van der Waals surface area contributed by atoms with E-state index in [2.05, 4.69) is 5.32 Å². The first-order valence-electron chi connectivity index (χ1n) is 7.04. The van der Waals surface area contributed by atoms with Crippen molar-refractivity contribution in [3.63, 3.8) is 0 Å². The summed E-state index contributed by atoms with van der Waals surface area (Å²) >= 11 is 0. The number of benzene rings is 2. The molecule has 0 aliphatic rings. The molecule has 0 radical (unpaired) electrons. The van der Waals surface area contributed by atoms with Gasteiger partial charge in [0.2, 0.25) is 0 Å². The fraction of sp³-hybridized carbons (Fsp3) is 0.294. The minimum absolute atomic E-state index is 0.184. The quantitative estimate of drug-likeness (QED) is 0.785. The van der Waals surface area contributed by atoms with Gasteiger partial charge in [0.15, 0.2) is 11.5 Å². The monoisotopic (exact) mass is 303 g/mol. The van der Waals surface area contributed by atoms with Crippen molar-refractivity contribution >= 4 is 5.69 Å². The van der Waals surface area contributed by atoms with Crippen molar-refractivity contribution in [3.05, 3.63) is 48.5 Å². The third-order valence-corrected chi connectivity index (χ3v) is 3.13. The topological polar surface area (TPSA) is 60.0 Å². The number of ether oxygens (including phenoxy) is 3. The van der Waals surface area contributed by atoms with Crippen LogP contribution in [0.15, 0.2) is 48.5 Å². The molecule has 0 amide bonds. The van der Waals surface area contributed by atoms with Crippen LogP contribution in [-0.2, 0) is 0 Å². The Hall–Kier alpha value is -2.40. The van der Waals surface area contributed by atoms with Gasteiger partial charge in [-0.25, -0.2) is 0 Å². The van der Waals surface area contributed by atoms with Gasteiger partial charge in [-0.15, -0.1) is 0 Å². The van der Waals surface area contributed by atoms with Crippen LogP contribution in [0.5, 0.6) is 17.2 Å². The van der Waals surface area contributed by atoms with E-state index >= 15 is 0 Å². The predicted octanol–water partition coefficient (Wildman–Crippen LogP) is 2.56. The lowest BCUT2D eigenvalue weighted by molar-refractivity contribution is 0.115. The number of hydrogen-bond donors (Lipinski definition) is 2. The van der Waals surface area contributed by atoms with Crippen LogP contribution in [0.3, 0.4) is 0 Å². The van der Waals surface area contributed by atoms with Gasteiger partial charge in [0.25, 0.3) is 0 Å². The summed E-state index contributed by atoms with van der Waals surface area (Å²) in [5.74, 6) is 2.07. The van der Waals surface area contributed by atoms with E-state index in [0.717, 1.165) is 11.4 Å². The van der Waals surface area contributed by atoms with Crippen LogP contribution in [0.25, 0.3) is 0 Å². The number of anilines is 1. The Morgan fingerprint density at radius 2 is 1.64 bits per heavy atom. The summed E-state index contributed by atoms with van der Waals surface area (Å²) in [6, 6.07) is 14.9. The smallest absolute Gasteiger partial charge is 0.161 e. The van der Waals surface area contributed by atoms with E-state index in [-0.39, 0.29) is 6.61 Å². The van der Waals surface area contributed by atoms with E-state index in [4.69, 9.17) is 14.2 Å². The number of nitrogens with one attached hydrogen (secondary N) is 1. The maximum atomic E-state index is 9.98. The molecule has 0 heterocycles. The molecular weight excluding hydrogens is 282 g/mol. The fourth-order valence-electron chi connectivity index (χ4n) is 1.93. The molecule has 5 heteroatoms. The van der Waals surface area contributed by atoms with Crippen LogP contribution in [-0.4, -0.2) is 38.6 Å². The molecule has 0 aliphatic carbocycles. The Labute approximate surface area is 130 Å². The molecule has 0 fully saturated rings. The van der Waals surface area contributed by atoms with E-state index < -0.39 is 6.10 Å². The number of aliphatic hydroxyl groups is 1. The standard InChI is InChI=1S/C17H21NO4/c1-20-15-9-7-13(8-10-15)18-11-14(19)12-22-17-6-4-3-5-16(17)21-2/h3-10,14,18-19H,11-12H2,1-2H3. The molecule has 2 N–H and O–H groups in total. The highest BCUT2D eigenvalue weighted by Crippen LogP contribution is 2.25. The zero-order chi connectivity index (χ0) is 15.8. The SMILES string of the molecule is COc1ccc(NCC(O)COc2ccccc2OC)cc1. The summed E-state index contributed by atoms with van der Waals surface area (Å²) in [7, 11) is 3.21. The maximum Gasteiger partial charge on any atom is 0.161 e. The molecule has 2 aromatic carbocycles. The summed E-state index contributed by atoms with van der Waals surface area (Å²) in [5.41, 5.74) is 0.914. The molecule has 0 spiro atoms. The van der Waals surface area contributed by atoms with Crippen molar-refractivity contribution in [1.29, 1.82) is 0 Å². The highest BCUT2D eigenvalue weighted by atomic mass is 16.5. The highest BCUT2D eigenvalue weighted by Gasteiger charge is 2.08. The molecule has 1 unspecified atom stereocenters. The Morgan fingerprint density at radius 1 is 0.955 bits per heavy atom. The van der Waals surface area contributed by atoms with Gasteiger partial charge in [-0.1, -0.05) is 12.1 Å². The van der Waals surface area contributed by atoms with Crippen LogP contribution in [0.2, 0.25) is 0 Å². The van der Waals surface area contributed by atoms with Crippen LogP contribution in [0, 0.1) is 0 Å². The molecule has 0 bridgehead atoms. The molecule has 22 heavy (non-hydrogen) atoms. The minimum Gasteiger partial charge on any atom is -0.497 e. The van der Waals surface area contributed by atoms with Gasteiger partial charge in [0.1, 0.15) is 18.5 Å². The van der Waals surface area contributed by atoms with E-state index in [0.29, 0.717) is 18.0 Å². The molecule has 2 rings (SSSR count). The van der Waals surface area contributed by atoms with Crippen LogP contribution in [0.1, 0.15) is 0 Å². The van der Waals surface area contributed by atoms with Crippen molar-refractivity contribution in [2.24, 2.45) is 0 Å². The average molecular weight is 303 g/mol. The number of aliphatic hydroxyl groups excluding tert-OH is 1. The normalized spacial score (nSPS) is 11.6. The van der Waals surface area contributed by atoms with Gasteiger partial charge >= 0.3 is 0 Å². The van der Waals surface area contributed by atoms with Gasteiger partial charge in [-0.05, 0) is 36.4 Å². The summed E-state index contributed by atoms with van der Waals surface area (Å²) in [4.78, 5) is 0. The Balaban J connectivity index is 1.78. The molecular formula is C17H21NO4. The van der Waals surface area contributed by atoms with E-state index in [1.165, 1.54) is 0 Å². The van der Waals surface area contributed by atoms with Gasteiger partial charge in [0.05, 0.1) is 14.2 Å². The minimum atomic E-state index is -0.632. The van der Waals surface area contributed by atoms with Crippen molar-refractivity contribution in [3.8, 4) is 17.2 Å². The second-order valence-electron chi connectivity index (χ2n) is 4.73. The first-order chi connectivity index (χ1) is 10.7. The largest absolute Gasteiger partial charge is 0.497 e. The second kappa shape index (κ2) is 8.14. The molecule has 5 nitrogen and oxygen atoms in total. The van der Waals surface area contributed by atoms with E-state index in [1.54, 1.807) is 14.2 Å². The predicted molar refractivity (Wildman–Crippen MR) is 86.0 cm³/mol. The third kappa shape index (κ3) is 4.56. The lowest BCUT2D eigenvalue weighted by atomic mass is 10.3. The first kappa shape index (κ1) is 16.0. The Bertz CT molecular complexity index is 571. The summed E-state index contributed by atoms with van der Waals surface area (Å²) < 4.78 is 15.9. The third-order valence-electron chi connectivity index (χ3n) is 3.13. The lowest BCUT2D eigenvalue weighted by Crippen LogP contribution is -2.26.